The second-order valence-electron chi connectivity index (χ2n) is 5.94. The molecule has 1 saturated heterocycles. The van der Waals surface area contributed by atoms with Gasteiger partial charge in [0.1, 0.15) is 11.5 Å². The first-order valence-electron chi connectivity index (χ1n) is 8.47. The first kappa shape index (κ1) is 17.7. The molecular formula is C20H24O5. The summed E-state index contributed by atoms with van der Waals surface area (Å²) in [7, 11) is 3.28. The first-order chi connectivity index (χ1) is 12.1. The minimum absolute atomic E-state index is 0.608. The topological polar surface area (TPSA) is 46.2 Å². The lowest BCUT2D eigenvalue weighted by atomic mass is 9.99. The zero-order valence-corrected chi connectivity index (χ0v) is 15.1. The molecule has 0 bridgehead atoms. The molecule has 25 heavy (non-hydrogen) atoms. The van der Waals surface area contributed by atoms with Crippen LogP contribution >= 0.6 is 0 Å². The predicted molar refractivity (Wildman–Crippen MR) is 93.2 cm³/mol. The maximum absolute atomic E-state index is 6.43. The Morgan fingerprint density at radius 3 is 1.32 bits per heavy atom. The second kappa shape index (κ2) is 7.04. The highest BCUT2D eigenvalue weighted by molar-refractivity contribution is 5.32. The molecule has 1 aliphatic heterocycles. The van der Waals surface area contributed by atoms with Gasteiger partial charge in [0.05, 0.1) is 14.2 Å². The molecule has 2 aromatic carbocycles. The molecule has 2 aromatic rings. The molecule has 0 radical (unpaired) electrons. The van der Waals surface area contributed by atoms with Gasteiger partial charge in [-0.25, -0.2) is 0 Å². The molecule has 0 aliphatic carbocycles. The van der Waals surface area contributed by atoms with Crippen LogP contribution in [0.25, 0.3) is 0 Å². The van der Waals surface area contributed by atoms with E-state index >= 15 is 0 Å². The van der Waals surface area contributed by atoms with Gasteiger partial charge in [0.2, 0.25) is 11.6 Å². The van der Waals surface area contributed by atoms with Crippen LogP contribution in [0.5, 0.6) is 11.5 Å². The molecule has 3 rings (SSSR count). The summed E-state index contributed by atoms with van der Waals surface area (Å²) < 4.78 is 16.9. The maximum Gasteiger partial charge on any atom is 0.230 e. The highest BCUT2D eigenvalue weighted by Gasteiger charge is 2.53. The van der Waals surface area contributed by atoms with Crippen molar-refractivity contribution in [2.75, 3.05) is 14.2 Å². The Labute approximate surface area is 148 Å². The molecule has 5 nitrogen and oxygen atoms in total. The van der Waals surface area contributed by atoms with E-state index in [1.54, 1.807) is 14.2 Å². The lowest BCUT2D eigenvalue weighted by molar-refractivity contribution is -0.359. The molecule has 5 heteroatoms. The SMILES string of the molecule is CCC1(c2ccc(OC)cc2)OOC(CC)(c2ccc(OC)cc2)O1. The predicted octanol–water partition coefficient (Wildman–Crippen LogP) is 4.51. The maximum atomic E-state index is 6.43. The van der Waals surface area contributed by atoms with Gasteiger partial charge in [0.25, 0.3) is 0 Å². The van der Waals surface area contributed by atoms with E-state index < -0.39 is 11.6 Å². The van der Waals surface area contributed by atoms with Crippen LogP contribution in [-0.4, -0.2) is 14.2 Å². The summed E-state index contributed by atoms with van der Waals surface area (Å²) in [6.45, 7) is 4.01. The van der Waals surface area contributed by atoms with Crippen LogP contribution in [0, 0.1) is 0 Å². The summed E-state index contributed by atoms with van der Waals surface area (Å²) >= 11 is 0. The van der Waals surface area contributed by atoms with Gasteiger partial charge in [-0.1, -0.05) is 13.8 Å². The molecule has 0 aromatic heterocycles. The second-order valence-corrected chi connectivity index (χ2v) is 5.94. The molecule has 0 spiro atoms. The van der Waals surface area contributed by atoms with Gasteiger partial charge < -0.3 is 14.2 Å². The van der Waals surface area contributed by atoms with Gasteiger partial charge in [-0.05, 0) is 48.5 Å². The lowest BCUT2D eigenvalue weighted by Crippen LogP contribution is -2.32. The smallest absolute Gasteiger partial charge is 0.230 e. The zero-order chi connectivity index (χ0) is 17.9. The van der Waals surface area contributed by atoms with Crippen LogP contribution in [0.3, 0.4) is 0 Å². The third kappa shape index (κ3) is 3.11. The molecule has 2 unspecified atom stereocenters. The summed E-state index contributed by atoms with van der Waals surface area (Å²) in [5, 5.41) is 0. The minimum atomic E-state index is -0.956. The zero-order valence-electron chi connectivity index (χ0n) is 15.1. The van der Waals surface area contributed by atoms with Gasteiger partial charge in [-0.15, -0.1) is 0 Å². The van der Waals surface area contributed by atoms with Crippen molar-refractivity contribution < 1.29 is 24.0 Å². The van der Waals surface area contributed by atoms with Crippen molar-refractivity contribution in [3.8, 4) is 11.5 Å². The molecular weight excluding hydrogens is 320 g/mol. The van der Waals surface area contributed by atoms with Gasteiger partial charge in [-0.2, -0.15) is 9.78 Å². The van der Waals surface area contributed by atoms with Crippen LogP contribution in [-0.2, 0) is 26.1 Å². The molecule has 0 amide bonds. The van der Waals surface area contributed by atoms with Gasteiger partial charge in [0, 0.05) is 24.0 Å². The van der Waals surface area contributed by atoms with Crippen molar-refractivity contribution in [1.29, 1.82) is 0 Å². The monoisotopic (exact) mass is 344 g/mol. The Balaban J connectivity index is 1.93. The number of methoxy groups -OCH3 is 2. The van der Waals surface area contributed by atoms with Gasteiger partial charge >= 0.3 is 0 Å². The molecule has 1 aliphatic rings. The van der Waals surface area contributed by atoms with E-state index in [0.29, 0.717) is 12.8 Å². The summed E-state index contributed by atoms with van der Waals surface area (Å²) in [5.74, 6) is -0.346. The number of ether oxygens (including phenoxy) is 3. The van der Waals surface area contributed by atoms with Gasteiger partial charge in [0.15, 0.2) is 0 Å². The summed E-state index contributed by atoms with van der Waals surface area (Å²) in [5.41, 5.74) is 1.78. The Kier molecular flexibility index (Phi) is 4.99. The number of hydrogen-bond acceptors (Lipinski definition) is 5. The van der Waals surface area contributed by atoms with Crippen LogP contribution in [0.1, 0.15) is 37.8 Å². The summed E-state index contributed by atoms with van der Waals surface area (Å²) in [4.78, 5) is 11.5. The van der Waals surface area contributed by atoms with Crippen molar-refractivity contribution in [2.24, 2.45) is 0 Å². The first-order valence-corrected chi connectivity index (χ1v) is 8.47. The van der Waals surface area contributed by atoms with E-state index in [9.17, 15) is 0 Å². The van der Waals surface area contributed by atoms with Crippen LogP contribution in [0.2, 0.25) is 0 Å². The normalized spacial score (nSPS) is 25.8. The van der Waals surface area contributed by atoms with E-state index in [-0.39, 0.29) is 0 Å². The third-order valence-corrected chi connectivity index (χ3v) is 4.63. The average Bonchev–Trinajstić information content (AvgIpc) is 3.10. The summed E-state index contributed by atoms with van der Waals surface area (Å²) in [6, 6.07) is 15.3. The van der Waals surface area contributed by atoms with Crippen molar-refractivity contribution in [3.05, 3.63) is 59.7 Å². The van der Waals surface area contributed by atoms with E-state index in [0.717, 1.165) is 22.6 Å². The van der Waals surface area contributed by atoms with E-state index in [1.165, 1.54) is 0 Å². The third-order valence-electron chi connectivity index (χ3n) is 4.63. The van der Waals surface area contributed by atoms with Crippen molar-refractivity contribution >= 4 is 0 Å². The fraction of sp³-hybridized carbons (Fsp3) is 0.400. The minimum Gasteiger partial charge on any atom is -0.497 e. The quantitative estimate of drug-likeness (QED) is 0.722. The molecule has 2 atom stereocenters. The Morgan fingerprint density at radius 1 is 0.680 bits per heavy atom. The highest BCUT2D eigenvalue weighted by Crippen LogP contribution is 2.49. The molecule has 0 saturated carbocycles. The summed E-state index contributed by atoms with van der Waals surface area (Å²) in [6.07, 6.45) is 1.22. The molecule has 1 fully saturated rings. The average molecular weight is 344 g/mol. The largest absolute Gasteiger partial charge is 0.497 e. The van der Waals surface area contributed by atoms with E-state index in [1.807, 2.05) is 62.4 Å². The lowest BCUT2D eigenvalue weighted by Gasteiger charge is -2.29. The van der Waals surface area contributed by atoms with Crippen molar-refractivity contribution in [3.63, 3.8) is 0 Å². The molecule has 134 valence electrons. The van der Waals surface area contributed by atoms with E-state index in [4.69, 9.17) is 24.0 Å². The van der Waals surface area contributed by atoms with Crippen molar-refractivity contribution in [2.45, 2.75) is 38.3 Å². The Morgan fingerprint density at radius 2 is 1.04 bits per heavy atom. The van der Waals surface area contributed by atoms with Crippen LogP contribution < -0.4 is 9.47 Å². The van der Waals surface area contributed by atoms with Crippen molar-refractivity contribution in [1.82, 2.24) is 0 Å². The van der Waals surface area contributed by atoms with Gasteiger partial charge in [-0.3, -0.25) is 0 Å². The Hall–Kier alpha value is -2.08. The van der Waals surface area contributed by atoms with Crippen LogP contribution in [0.4, 0.5) is 0 Å². The van der Waals surface area contributed by atoms with Crippen LogP contribution in [0.15, 0.2) is 48.5 Å². The molecule has 1 heterocycles. The number of hydrogen-bond donors (Lipinski definition) is 0. The Bertz CT molecular complexity index is 636. The van der Waals surface area contributed by atoms with E-state index in [2.05, 4.69) is 0 Å². The highest BCUT2D eigenvalue weighted by atomic mass is 17.3. The molecule has 0 N–H and O–H groups in total. The standard InChI is InChI=1S/C20H24O5/c1-5-19(15-7-11-17(21-3)12-8-15)23-20(6-2,25-24-19)16-9-13-18(22-4)14-10-16/h7-14H,5-6H2,1-4H3. The number of rotatable bonds is 6. The fourth-order valence-electron chi connectivity index (χ4n) is 3.01. The fourth-order valence-corrected chi connectivity index (χ4v) is 3.01. The number of benzene rings is 2.